The first-order chi connectivity index (χ1) is 7.28. The van der Waals surface area contributed by atoms with Crippen molar-refractivity contribution in [3.8, 4) is 0 Å². The molecule has 0 bridgehead atoms. The molecule has 0 amide bonds. The molecule has 1 aromatic rings. The number of ketones is 1. The molecule has 0 saturated carbocycles. The van der Waals surface area contributed by atoms with Gasteiger partial charge in [-0.2, -0.15) is 0 Å². The molecule has 0 N–H and O–H groups in total. The molecule has 1 fully saturated rings. The van der Waals surface area contributed by atoms with Crippen LogP contribution >= 0.6 is 0 Å². The summed E-state index contributed by atoms with van der Waals surface area (Å²) in [5.41, 5.74) is 0. The van der Waals surface area contributed by atoms with Crippen molar-refractivity contribution in [2.75, 3.05) is 13.1 Å². The minimum Gasteiger partial charge on any atom is -0.444 e. The maximum absolute atomic E-state index is 11.0. The molecular formula is C11H16N2O2. The van der Waals surface area contributed by atoms with Gasteiger partial charge in [-0.15, -0.1) is 0 Å². The highest BCUT2D eigenvalue weighted by Gasteiger charge is 2.17. The Morgan fingerprint density at radius 2 is 2.20 bits per heavy atom. The number of hydrogen-bond donors (Lipinski definition) is 0. The van der Waals surface area contributed by atoms with Crippen molar-refractivity contribution in [1.29, 1.82) is 0 Å². The number of aryl methyl sites for hydroxylation is 1. The Kier molecular flexibility index (Phi) is 3.16. The van der Waals surface area contributed by atoms with Crippen LogP contribution < -0.4 is 0 Å². The highest BCUT2D eigenvalue weighted by Crippen LogP contribution is 2.11. The van der Waals surface area contributed by atoms with Gasteiger partial charge in [0.25, 0.3) is 0 Å². The quantitative estimate of drug-likeness (QED) is 0.753. The first kappa shape index (κ1) is 10.4. The van der Waals surface area contributed by atoms with Crippen LogP contribution in [-0.2, 0) is 17.8 Å². The van der Waals surface area contributed by atoms with Crippen molar-refractivity contribution in [3.05, 3.63) is 17.8 Å². The summed E-state index contributed by atoms with van der Waals surface area (Å²) in [5, 5.41) is 0. The molecule has 0 aromatic carbocycles. The number of nitrogens with zero attached hydrogens (tertiary/aromatic N) is 2. The maximum Gasteiger partial charge on any atom is 0.208 e. The largest absolute Gasteiger partial charge is 0.444 e. The van der Waals surface area contributed by atoms with Gasteiger partial charge in [-0.05, 0) is 0 Å². The predicted octanol–water partition coefficient (Wildman–Crippen LogP) is 1.40. The number of likely N-dealkylation sites (tertiary alicyclic amines) is 1. The second kappa shape index (κ2) is 4.57. The highest BCUT2D eigenvalue weighted by atomic mass is 16.4. The first-order valence-electron chi connectivity index (χ1n) is 5.45. The monoisotopic (exact) mass is 208 g/mol. The smallest absolute Gasteiger partial charge is 0.208 e. The summed E-state index contributed by atoms with van der Waals surface area (Å²) in [6.45, 7) is 4.45. The molecule has 4 nitrogen and oxygen atoms in total. The third-order valence-corrected chi connectivity index (χ3v) is 2.72. The summed E-state index contributed by atoms with van der Waals surface area (Å²) in [5.74, 6) is 2.06. The van der Waals surface area contributed by atoms with Gasteiger partial charge in [-0.3, -0.25) is 9.69 Å². The van der Waals surface area contributed by atoms with Crippen LogP contribution in [0.3, 0.4) is 0 Å². The van der Waals surface area contributed by atoms with Gasteiger partial charge in [0.2, 0.25) is 5.89 Å². The molecule has 0 unspecified atom stereocenters. The van der Waals surface area contributed by atoms with E-state index in [9.17, 15) is 4.79 Å². The number of aromatic nitrogens is 1. The summed E-state index contributed by atoms with van der Waals surface area (Å²) in [7, 11) is 0. The molecule has 0 spiro atoms. The Balaban J connectivity index is 1.88. The molecule has 0 radical (unpaired) electrons. The number of oxazole rings is 1. The van der Waals surface area contributed by atoms with Gasteiger partial charge >= 0.3 is 0 Å². The SMILES string of the molecule is CCc1cnc(CN2CCC(=O)CC2)o1. The number of hydrogen-bond acceptors (Lipinski definition) is 4. The van der Waals surface area contributed by atoms with Gasteiger partial charge < -0.3 is 4.42 Å². The Labute approximate surface area is 89.3 Å². The van der Waals surface area contributed by atoms with E-state index >= 15 is 0 Å². The van der Waals surface area contributed by atoms with Crippen LogP contribution in [0.15, 0.2) is 10.6 Å². The van der Waals surface area contributed by atoms with Crippen LogP contribution in [0.5, 0.6) is 0 Å². The van der Waals surface area contributed by atoms with Gasteiger partial charge in [-0.25, -0.2) is 4.98 Å². The van der Waals surface area contributed by atoms with Crippen molar-refractivity contribution in [1.82, 2.24) is 9.88 Å². The van der Waals surface area contributed by atoms with Crippen LogP contribution in [0, 0.1) is 0 Å². The number of piperidine rings is 1. The standard InChI is InChI=1S/C11H16N2O2/c1-2-10-7-12-11(15-10)8-13-5-3-9(14)4-6-13/h7H,2-6,8H2,1H3. The van der Waals surface area contributed by atoms with E-state index in [0.717, 1.165) is 37.7 Å². The zero-order valence-electron chi connectivity index (χ0n) is 9.03. The first-order valence-corrected chi connectivity index (χ1v) is 5.45. The van der Waals surface area contributed by atoms with E-state index < -0.39 is 0 Å². The minimum absolute atomic E-state index is 0.368. The van der Waals surface area contributed by atoms with Gasteiger partial charge in [0.05, 0.1) is 12.7 Å². The van der Waals surface area contributed by atoms with E-state index in [2.05, 4.69) is 9.88 Å². The topological polar surface area (TPSA) is 46.3 Å². The fraction of sp³-hybridized carbons (Fsp3) is 0.636. The average Bonchev–Trinajstić information content (AvgIpc) is 2.69. The maximum atomic E-state index is 11.0. The van der Waals surface area contributed by atoms with E-state index in [4.69, 9.17) is 4.42 Å². The molecular weight excluding hydrogens is 192 g/mol. The van der Waals surface area contributed by atoms with Crippen molar-refractivity contribution in [2.45, 2.75) is 32.7 Å². The predicted molar refractivity (Wildman–Crippen MR) is 55.4 cm³/mol. The van der Waals surface area contributed by atoms with Crippen molar-refractivity contribution < 1.29 is 9.21 Å². The molecule has 1 aromatic heterocycles. The number of carbonyl (C=O) groups is 1. The lowest BCUT2D eigenvalue weighted by Gasteiger charge is -2.23. The third-order valence-electron chi connectivity index (χ3n) is 2.72. The number of carbonyl (C=O) groups excluding carboxylic acids is 1. The van der Waals surface area contributed by atoms with Crippen LogP contribution in [-0.4, -0.2) is 28.8 Å². The van der Waals surface area contributed by atoms with Crippen LogP contribution in [0.2, 0.25) is 0 Å². The molecule has 1 aliphatic rings. The fourth-order valence-electron chi connectivity index (χ4n) is 1.74. The summed E-state index contributed by atoms with van der Waals surface area (Å²) < 4.78 is 5.52. The van der Waals surface area contributed by atoms with Gasteiger partial charge in [0.1, 0.15) is 11.5 Å². The third kappa shape index (κ3) is 2.65. The molecule has 82 valence electrons. The molecule has 15 heavy (non-hydrogen) atoms. The molecule has 1 aliphatic heterocycles. The molecule has 2 rings (SSSR count). The van der Waals surface area contributed by atoms with Crippen LogP contribution in [0.25, 0.3) is 0 Å². The van der Waals surface area contributed by atoms with Crippen LogP contribution in [0.4, 0.5) is 0 Å². The summed E-state index contributed by atoms with van der Waals surface area (Å²) in [6.07, 6.45) is 4.00. The summed E-state index contributed by atoms with van der Waals surface area (Å²) in [6, 6.07) is 0. The molecule has 0 aliphatic carbocycles. The summed E-state index contributed by atoms with van der Waals surface area (Å²) >= 11 is 0. The van der Waals surface area contributed by atoms with E-state index in [0.29, 0.717) is 18.6 Å². The molecule has 4 heteroatoms. The average molecular weight is 208 g/mol. The minimum atomic E-state index is 0.368. The van der Waals surface area contributed by atoms with E-state index in [1.165, 1.54) is 0 Å². The Hall–Kier alpha value is -1.16. The zero-order chi connectivity index (χ0) is 10.7. The van der Waals surface area contributed by atoms with E-state index in [1.54, 1.807) is 6.20 Å². The molecule has 2 heterocycles. The van der Waals surface area contributed by atoms with Crippen molar-refractivity contribution >= 4 is 5.78 Å². The van der Waals surface area contributed by atoms with Gasteiger partial charge in [-0.1, -0.05) is 6.92 Å². The molecule has 0 atom stereocenters. The Bertz CT molecular complexity index is 336. The summed E-state index contributed by atoms with van der Waals surface area (Å²) in [4.78, 5) is 17.5. The van der Waals surface area contributed by atoms with E-state index in [-0.39, 0.29) is 0 Å². The second-order valence-corrected chi connectivity index (χ2v) is 3.89. The second-order valence-electron chi connectivity index (χ2n) is 3.89. The lowest BCUT2D eigenvalue weighted by atomic mass is 10.1. The number of Topliss-reactive ketones (excluding diaryl/α,β-unsaturated/α-hetero) is 1. The lowest BCUT2D eigenvalue weighted by molar-refractivity contribution is -0.121. The Morgan fingerprint density at radius 1 is 1.47 bits per heavy atom. The fourth-order valence-corrected chi connectivity index (χ4v) is 1.74. The van der Waals surface area contributed by atoms with Crippen LogP contribution in [0.1, 0.15) is 31.4 Å². The number of rotatable bonds is 3. The highest BCUT2D eigenvalue weighted by molar-refractivity contribution is 5.79. The normalized spacial score (nSPS) is 18.3. The molecule has 1 saturated heterocycles. The van der Waals surface area contributed by atoms with Gasteiger partial charge in [0.15, 0.2) is 0 Å². The Morgan fingerprint density at radius 3 is 2.80 bits per heavy atom. The van der Waals surface area contributed by atoms with Crippen molar-refractivity contribution in [3.63, 3.8) is 0 Å². The zero-order valence-corrected chi connectivity index (χ0v) is 9.03. The van der Waals surface area contributed by atoms with E-state index in [1.807, 2.05) is 6.92 Å². The van der Waals surface area contributed by atoms with Crippen molar-refractivity contribution in [2.24, 2.45) is 0 Å². The van der Waals surface area contributed by atoms with Gasteiger partial charge in [0, 0.05) is 32.4 Å². The lowest BCUT2D eigenvalue weighted by Crippen LogP contribution is -2.33.